The molecule has 0 N–H and O–H groups in total. The van der Waals surface area contributed by atoms with E-state index in [0.29, 0.717) is 17.1 Å². The van der Waals surface area contributed by atoms with Crippen LogP contribution in [0.3, 0.4) is 0 Å². The number of nitrogens with zero attached hydrogens (tertiary/aromatic N) is 1. The maximum Gasteiger partial charge on any atom is 0.293 e. The second-order valence-electron chi connectivity index (χ2n) is 7.26. The van der Waals surface area contributed by atoms with E-state index < -0.39 is 22.8 Å². The molecule has 0 radical (unpaired) electrons. The molecule has 1 aliphatic heterocycles. The summed E-state index contributed by atoms with van der Waals surface area (Å²) < 4.78 is 39.1. The van der Waals surface area contributed by atoms with Gasteiger partial charge in [0.05, 0.1) is 23.6 Å². The summed E-state index contributed by atoms with van der Waals surface area (Å²) in [5, 5.41) is -0.252. The van der Waals surface area contributed by atoms with Crippen molar-refractivity contribution >= 4 is 40.6 Å². The van der Waals surface area contributed by atoms with Gasteiger partial charge in [0.25, 0.3) is 11.1 Å². The summed E-state index contributed by atoms with van der Waals surface area (Å²) in [6.45, 7) is -0.292. The highest BCUT2D eigenvalue weighted by molar-refractivity contribution is 8.18. The Labute approximate surface area is 203 Å². The van der Waals surface area contributed by atoms with E-state index in [9.17, 15) is 18.4 Å². The number of rotatable bonds is 7. The van der Waals surface area contributed by atoms with Crippen LogP contribution >= 0.6 is 23.4 Å². The van der Waals surface area contributed by atoms with E-state index in [2.05, 4.69) is 0 Å². The first-order valence-corrected chi connectivity index (χ1v) is 11.3. The first-order chi connectivity index (χ1) is 16.4. The lowest BCUT2D eigenvalue weighted by molar-refractivity contribution is -0.123. The smallest absolute Gasteiger partial charge is 0.293 e. The van der Waals surface area contributed by atoms with E-state index in [1.807, 2.05) is 0 Å². The van der Waals surface area contributed by atoms with Gasteiger partial charge < -0.3 is 9.47 Å². The summed E-state index contributed by atoms with van der Waals surface area (Å²) in [6, 6.07) is 15.3. The molecule has 2 amide bonds. The minimum Gasteiger partial charge on any atom is -0.493 e. The molecule has 0 saturated carbocycles. The minimum atomic E-state index is -0.519. The largest absolute Gasteiger partial charge is 0.493 e. The van der Waals surface area contributed by atoms with Crippen LogP contribution < -0.4 is 9.47 Å². The molecule has 1 fully saturated rings. The van der Waals surface area contributed by atoms with E-state index in [0.717, 1.165) is 16.7 Å². The molecule has 0 aromatic heterocycles. The van der Waals surface area contributed by atoms with Crippen LogP contribution in [0.1, 0.15) is 16.7 Å². The Morgan fingerprint density at radius 3 is 2.50 bits per heavy atom. The van der Waals surface area contributed by atoms with Gasteiger partial charge in [-0.3, -0.25) is 14.5 Å². The van der Waals surface area contributed by atoms with Crippen molar-refractivity contribution in [3.05, 3.63) is 98.9 Å². The lowest BCUT2D eigenvalue weighted by atomic mass is 10.1. The average Bonchev–Trinajstić information content (AvgIpc) is 3.07. The highest BCUT2D eigenvalue weighted by atomic mass is 35.5. The fourth-order valence-corrected chi connectivity index (χ4v) is 4.36. The molecule has 3 aromatic rings. The van der Waals surface area contributed by atoms with Crippen molar-refractivity contribution in [2.75, 3.05) is 7.11 Å². The van der Waals surface area contributed by atoms with Crippen molar-refractivity contribution in [1.82, 2.24) is 4.90 Å². The third-order valence-electron chi connectivity index (χ3n) is 5.08. The molecular weight excluding hydrogens is 484 g/mol. The number of carbonyl (C=O) groups excluding carboxylic acids is 2. The second-order valence-corrected chi connectivity index (χ2v) is 8.66. The van der Waals surface area contributed by atoms with Gasteiger partial charge in [0.1, 0.15) is 18.2 Å². The Hall–Kier alpha value is -3.36. The van der Waals surface area contributed by atoms with E-state index in [4.69, 9.17) is 21.1 Å². The molecule has 1 saturated heterocycles. The SMILES string of the molecule is COc1ccc(/C=C2/SC(=O)N(Cc3ccccc3F)C2=O)cc1OCc1c(F)cccc1Cl. The Morgan fingerprint density at radius 1 is 1.00 bits per heavy atom. The van der Waals surface area contributed by atoms with Crippen LogP contribution in [0.25, 0.3) is 6.08 Å². The van der Waals surface area contributed by atoms with E-state index in [-0.39, 0.29) is 34.2 Å². The number of thioether (sulfide) groups is 1. The second kappa shape index (κ2) is 10.3. The molecule has 0 aliphatic carbocycles. The van der Waals surface area contributed by atoms with Crippen molar-refractivity contribution in [3.63, 3.8) is 0 Å². The highest BCUT2D eigenvalue weighted by Gasteiger charge is 2.35. The normalized spacial score (nSPS) is 14.7. The Kier molecular flexibility index (Phi) is 7.19. The molecule has 0 bridgehead atoms. The average molecular weight is 502 g/mol. The summed E-state index contributed by atoms with van der Waals surface area (Å²) in [4.78, 5) is 26.4. The van der Waals surface area contributed by atoms with Gasteiger partial charge >= 0.3 is 0 Å². The fraction of sp³-hybridized carbons (Fsp3) is 0.120. The van der Waals surface area contributed by atoms with Crippen molar-refractivity contribution in [2.24, 2.45) is 0 Å². The van der Waals surface area contributed by atoms with Crippen LogP contribution in [0, 0.1) is 11.6 Å². The van der Waals surface area contributed by atoms with Crippen LogP contribution in [0.2, 0.25) is 5.02 Å². The van der Waals surface area contributed by atoms with Gasteiger partial charge in [-0.05, 0) is 53.7 Å². The van der Waals surface area contributed by atoms with Crippen molar-refractivity contribution in [2.45, 2.75) is 13.2 Å². The number of hydrogen-bond donors (Lipinski definition) is 0. The zero-order valence-corrected chi connectivity index (χ0v) is 19.5. The molecule has 0 spiro atoms. The third-order valence-corrected chi connectivity index (χ3v) is 6.34. The molecular formula is C25H18ClF2NO4S. The Morgan fingerprint density at radius 2 is 1.76 bits per heavy atom. The maximum absolute atomic E-state index is 14.1. The molecule has 1 aliphatic rings. The molecule has 5 nitrogen and oxygen atoms in total. The number of benzene rings is 3. The van der Waals surface area contributed by atoms with Gasteiger partial charge in [0.15, 0.2) is 11.5 Å². The summed E-state index contributed by atoms with van der Waals surface area (Å²) in [6.07, 6.45) is 1.54. The number of amides is 2. The lowest BCUT2D eigenvalue weighted by Gasteiger charge is -2.13. The maximum atomic E-state index is 14.1. The van der Waals surface area contributed by atoms with Crippen molar-refractivity contribution in [3.8, 4) is 11.5 Å². The number of carbonyl (C=O) groups is 2. The standard InChI is InChI=1S/C25H18ClF2NO4S/c1-32-21-10-9-15(11-22(21)33-14-17-18(26)6-4-8-20(17)28)12-23-24(30)29(25(31)34-23)13-16-5-2-3-7-19(16)27/h2-12H,13-14H2,1H3/b23-12+. The molecule has 0 atom stereocenters. The molecule has 174 valence electrons. The summed E-state index contributed by atoms with van der Waals surface area (Å²) >= 11 is 6.83. The third kappa shape index (κ3) is 5.08. The number of hydrogen-bond acceptors (Lipinski definition) is 5. The van der Waals surface area contributed by atoms with Crippen molar-refractivity contribution in [1.29, 1.82) is 0 Å². The van der Waals surface area contributed by atoms with Gasteiger partial charge in [-0.15, -0.1) is 0 Å². The first-order valence-electron chi connectivity index (χ1n) is 10.1. The van der Waals surface area contributed by atoms with E-state index in [1.54, 1.807) is 30.3 Å². The van der Waals surface area contributed by atoms with Gasteiger partial charge in [-0.25, -0.2) is 8.78 Å². The number of methoxy groups -OCH3 is 1. The highest BCUT2D eigenvalue weighted by Crippen LogP contribution is 2.36. The van der Waals surface area contributed by atoms with Crippen LogP contribution in [0.15, 0.2) is 65.6 Å². The topological polar surface area (TPSA) is 55.8 Å². The summed E-state index contributed by atoms with van der Waals surface area (Å²) in [7, 11) is 1.46. The minimum absolute atomic E-state index is 0.134. The molecule has 1 heterocycles. The van der Waals surface area contributed by atoms with Gasteiger partial charge in [-0.2, -0.15) is 0 Å². The van der Waals surface area contributed by atoms with Gasteiger partial charge in [0, 0.05) is 11.1 Å². The monoisotopic (exact) mass is 501 g/mol. The molecule has 9 heteroatoms. The number of ether oxygens (including phenoxy) is 2. The van der Waals surface area contributed by atoms with Crippen LogP contribution in [0.5, 0.6) is 11.5 Å². The molecule has 3 aromatic carbocycles. The van der Waals surface area contributed by atoms with E-state index >= 15 is 0 Å². The molecule has 0 unspecified atom stereocenters. The van der Waals surface area contributed by atoms with Crippen LogP contribution in [0.4, 0.5) is 13.6 Å². The number of imide groups is 1. The fourth-order valence-electron chi connectivity index (χ4n) is 3.30. The first kappa shape index (κ1) is 23.8. The molecule has 34 heavy (non-hydrogen) atoms. The predicted molar refractivity (Wildman–Crippen MR) is 127 cm³/mol. The summed E-state index contributed by atoms with van der Waals surface area (Å²) in [5.74, 6) is -0.795. The lowest BCUT2D eigenvalue weighted by Crippen LogP contribution is -2.27. The van der Waals surface area contributed by atoms with E-state index in [1.165, 1.54) is 43.5 Å². The zero-order valence-electron chi connectivity index (χ0n) is 17.9. The molecule has 4 rings (SSSR count). The number of halogens is 3. The quantitative estimate of drug-likeness (QED) is 0.349. The summed E-state index contributed by atoms with van der Waals surface area (Å²) in [5.41, 5.74) is 1.01. The zero-order chi connectivity index (χ0) is 24.2. The van der Waals surface area contributed by atoms with Crippen molar-refractivity contribution < 1.29 is 27.8 Å². The Bertz CT molecular complexity index is 1280. The van der Waals surface area contributed by atoms with Gasteiger partial charge in [0.2, 0.25) is 0 Å². The van der Waals surface area contributed by atoms with Crippen LogP contribution in [-0.2, 0) is 17.9 Å². The predicted octanol–water partition coefficient (Wildman–Crippen LogP) is 6.44. The van der Waals surface area contributed by atoms with Crippen LogP contribution in [-0.4, -0.2) is 23.2 Å². The van der Waals surface area contributed by atoms with Gasteiger partial charge in [-0.1, -0.05) is 41.9 Å². The Balaban J connectivity index is 1.55.